The van der Waals surface area contributed by atoms with E-state index in [0.29, 0.717) is 0 Å². The Morgan fingerprint density at radius 2 is 1.92 bits per heavy atom. The van der Waals surface area contributed by atoms with Gasteiger partial charge in [-0.1, -0.05) is 6.92 Å². The van der Waals surface area contributed by atoms with E-state index in [9.17, 15) is 8.42 Å². The van der Waals surface area contributed by atoms with Gasteiger partial charge >= 0.3 is 0 Å². The molecule has 0 aromatic rings. The second kappa shape index (κ2) is 3.94. The molecule has 1 saturated heterocycles. The Morgan fingerprint density at radius 3 is 2.31 bits per heavy atom. The minimum absolute atomic E-state index is 0.446. The predicted molar refractivity (Wildman–Crippen MR) is 51.1 cm³/mol. The van der Waals surface area contributed by atoms with E-state index < -0.39 is 15.7 Å². The van der Waals surface area contributed by atoms with Crippen LogP contribution >= 0.6 is 0 Å². The number of piperidine rings is 1. The molecule has 0 bridgehead atoms. The van der Waals surface area contributed by atoms with Gasteiger partial charge in [0.2, 0.25) is 0 Å². The second-order valence-electron chi connectivity index (χ2n) is 3.57. The topological polar surface area (TPSA) is 55.4 Å². The van der Waals surface area contributed by atoms with Gasteiger partial charge in [0.15, 0.2) is 0 Å². The molecule has 0 aromatic heterocycles. The molecule has 0 saturated carbocycles. The molecule has 4 nitrogen and oxygen atoms in total. The normalized spacial score (nSPS) is 22.9. The highest BCUT2D eigenvalue weighted by atomic mass is 32.2. The Kier molecular flexibility index (Phi) is 3.32. The van der Waals surface area contributed by atoms with Gasteiger partial charge < -0.3 is 5.32 Å². The quantitative estimate of drug-likeness (QED) is 0.684. The maximum Gasteiger partial charge on any atom is 0.264 e. The summed E-state index contributed by atoms with van der Waals surface area (Å²) in [6.45, 7) is 3.64. The van der Waals surface area contributed by atoms with Crippen LogP contribution in [-0.4, -0.2) is 33.4 Å². The van der Waals surface area contributed by atoms with Gasteiger partial charge in [0.1, 0.15) is 0 Å². The van der Waals surface area contributed by atoms with E-state index in [1.54, 1.807) is 0 Å². The van der Waals surface area contributed by atoms with Gasteiger partial charge in [0.25, 0.3) is 10.1 Å². The average molecular weight is 207 g/mol. The van der Waals surface area contributed by atoms with E-state index in [1.807, 2.05) is 6.92 Å². The van der Waals surface area contributed by atoms with Crippen LogP contribution in [0.1, 0.15) is 26.2 Å². The number of nitrogens with one attached hydrogen (secondary N) is 1. The SMILES string of the molecule is CCC1(OS(C)(=O)=O)CCNCC1. The number of hydrogen-bond donors (Lipinski definition) is 1. The van der Waals surface area contributed by atoms with Gasteiger partial charge in [0.05, 0.1) is 11.9 Å². The van der Waals surface area contributed by atoms with Crippen molar-refractivity contribution >= 4 is 10.1 Å². The van der Waals surface area contributed by atoms with Crippen LogP contribution in [0.5, 0.6) is 0 Å². The van der Waals surface area contributed by atoms with E-state index in [-0.39, 0.29) is 0 Å². The first-order valence-corrected chi connectivity index (χ1v) is 6.40. The Balaban J connectivity index is 2.68. The van der Waals surface area contributed by atoms with Crippen molar-refractivity contribution in [3.05, 3.63) is 0 Å². The van der Waals surface area contributed by atoms with Crippen LogP contribution in [0, 0.1) is 0 Å². The summed E-state index contributed by atoms with van der Waals surface area (Å²) >= 11 is 0. The van der Waals surface area contributed by atoms with Crippen LogP contribution < -0.4 is 5.32 Å². The Hall–Kier alpha value is -0.130. The monoisotopic (exact) mass is 207 g/mol. The molecular weight excluding hydrogens is 190 g/mol. The second-order valence-corrected chi connectivity index (χ2v) is 5.15. The highest BCUT2D eigenvalue weighted by molar-refractivity contribution is 7.86. The van der Waals surface area contributed by atoms with E-state index in [4.69, 9.17) is 4.18 Å². The lowest BCUT2D eigenvalue weighted by atomic mass is 9.90. The summed E-state index contributed by atoms with van der Waals surface area (Å²) in [6, 6.07) is 0. The number of hydrogen-bond acceptors (Lipinski definition) is 4. The molecule has 0 unspecified atom stereocenters. The molecule has 5 heteroatoms. The summed E-state index contributed by atoms with van der Waals surface area (Å²) < 4.78 is 27.2. The van der Waals surface area contributed by atoms with Crippen LogP contribution in [0.25, 0.3) is 0 Å². The van der Waals surface area contributed by atoms with Crippen LogP contribution in [0.15, 0.2) is 0 Å². The van der Waals surface area contributed by atoms with Gasteiger partial charge in [0, 0.05) is 0 Å². The summed E-state index contributed by atoms with van der Waals surface area (Å²) in [5.41, 5.74) is -0.446. The largest absolute Gasteiger partial charge is 0.317 e. The van der Waals surface area contributed by atoms with Crippen LogP contribution in [0.3, 0.4) is 0 Å². The molecule has 0 amide bonds. The molecular formula is C8H17NO3S. The third-order valence-corrected chi connectivity index (χ3v) is 3.14. The van der Waals surface area contributed by atoms with E-state index >= 15 is 0 Å². The summed E-state index contributed by atoms with van der Waals surface area (Å²) in [5, 5.41) is 3.18. The Labute approximate surface area is 79.8 Å². The summed E-state index contributed by atoms with van der Waals surface area (Å²) in [5.74, 6) is 0. The van der Waals surface area contributed by atoms with Gasteiger partial charge in [-0.3, -0.25) is 4.18 Å². The van der Waals surface area contributed by atoms with Gasteiger partial charge in [-0.15, -0.1) is 0 Å². The Morgan fingerprint density at radius 1 is 1.38 bits per heavy atom. The molecule has 0 radical (unpaired) electrons. The van der Waals surface area contributed by atoms with Crippen molar-refractivity contribution in [1.29, 1.82) is 0 Å². The third kappa shape index (κ3) is 3.25. The first kappa shape index (κ1) is 10.9. The maximum absolute atomic E-state index is 11.0. The molecule has 1 N–H and O–H groups in total. The predicted octanol–water partition coefficient (Wildman–Crippen LogP) is 0.495. The molecule has 1 fully saturated rings. The van der Waals surface area contributed by atoms with E-state index in [2.05, 4.69) is 5.32 Å². The minimum atomic E-state index is -3.32. The first-order chi connectivity index (χ1) is 5.97. The summed E-state index contributed by atoms with van der Waals surface area (Å²) in [7, 11) is -3.32. The molecule has 13 heavy (non-hydrogen) atoms. The minimum Gasteiger partial charge on any atom is -0.317 e. The molecule has 1 aliphatic rings. The number of rotatable bonds is 3. The lowest BCUT2D eigenvalue weighted by Crippen LogP contribution is -2.44. The lowest BCUT2D eigenvalue weighted by Gasteiger charge is -2.35. The molecule has 0 atom stereocenters. The van der Waals surface area contributed by atoms with Crippen molar-refractivity contribution in [2.24, 2.45) is 0 Å². The van der Waals surface area contributed by atoms with Crippen molar-refractivity contribution in [1.82, 2.24) is 5.32 Å². The Bertz CT molecular complexity index is 255. The fourth-order valence-corrected chi connectivity index (χ4v) is 2.63. The molecule has 0 aliphatic carbocycles. The van der Waals surface area contributed by atoms with Crippen molar-refractivity contribution in [2.75, 3.05) is 19.3 Å². The van der Waals surface area contributed by atoms with Crippen LogP contribution in [0.2, 0.25) is 0 Å². The molecule has 1 aliphatic heterocycles. The third-order valence-electron chi connectivity index (χ3n) is 2.49. The van der Waals surface area contributed by atoms with Crippen LogP contribution in [-0.2, 0) is 14.3 Å². The zero-order valence-corrected chi connectivity index (χ0v) is 8.99. The fraction of sp³-hybridized carbons (Fsp3) is 1.00. The smallest absolute Gasteiger partial charge is 0.264 e. The highest BCUT2D eigenvalue weighted by Gasteiger charge is 2.34. The van der Waals surface area contributed by atoms with Gasteiger partial charge in [-0.05, 0) is 32.4 Å². The van der Waals surface area contributed by atoms with Gasteiger partial charge in [-0.2, -0.15) is 8.42 Å². The maximum atomic E-state index is 11.0. The van der Waals surface area contributed by atoms with Crippen molar-refractivity contribution in [3.63, 3.8) is 0 Å². The van der Waals surface area contributed by atoms with Crippen molar-refractivity contribution < 1.29 is 12.6 Å². The van der Waals surface area contributed by atoms with Crippen LogP contribution in [0.4, 0.5) is 0 Å². The highest BCUT2D eigenvalue weighted by Crippen LogP contribution is 2.28. The summed E-state index contributed by atoms with van der Waals surface area (Å²) in [4.78, 5) is 0. The van der Waals surface area contributed by atoms with E-state index in [0.717, 1.165) is 38.6 Å². The standard InChI is InChI=1S/C8H17NO3S/c1-3-8(12-13(2,10)11)4-6-9-7-5-8/h9H,3-7H2,1-2H3. The summed E-state index contributed by atoms with van der Waals surface area (Å²) in [6.07, 6.45) is 3.42. The lowest BCUT2D eigenvalue weighted by molar-refractivity contribution is 0.0410. The molecule has 0 spiro atoms. The first-order valence-electron chi connectivity index (χ1n) is 4.59. The fourth-order valence-electron chi connectivity index (χ4n) is 1.70. The molecule has 0 aromatic carbocycles. The van der Waals surface area contributed by atoms with Gasteiger partial charge in [-0.25, -0.2) is 0 Å². The molecule has 1 rings (SSSR count). The zero-order chi connectivity index (χ0) is 9.95. The van der Waals surface area contributed by atoms with E-state index in [1.165, 1.54) is 0 Å². The average Bonchev–Trinajstić information content (AvgIpc) is 2.03. The molecule has 78 valence electrons. The molecule has 1 heterocycles. The van der Waals surface area contributed by atoms with Crippen molar-refractivity contribution in [2.45, 2.75) is 31.8 Å². The van der Waals surface area contributed by atoms with Crippen molar-refractivity contribution in [3.8, 4) is 0 Å². The zero-order valence-electron chi connectivity index (χ0n) is 8.17.